The molecule has 9 nitrogen and oxygen atoms in total. The lowest BCUT2D eigenvalue weighted by Crippen LogP contribution is -2.46. The number of benzene rings is 1. The van der Waals surface area contributed by atoms with E-state index in [0.717, 1.165) is 24.8 Å². The van der Waals surface area contributed by atoms with Crippen molar-refractivity contribution in [1.29, 1.82) is 0 Å². The predicted octanol–water partition coefficient (Wildman–Crippen LogP) is 1.84. The Balaban J connectivity index is 1.25. The molecule has 1 atom stereocenters. The van der Waals surface area contributed by atoms with E-state index < -0.39 is 21.8 Å². The van der Waals surface area contributed by atoms with E-state index >= 15 is 0 Å². The van der Waals surface area contributed by atoms with Gasteiger partial charge in [-0.25, -0.2) is 8.42 Å². The number of ether oxygens (including phenoxy) is 2. The molecule has 2 aromatic rings. The highest BCUT2D eigenvalue weighted by atomic mass is 32.2. The van der Waals surface area contributed by atoms with Crippen LogP contribution in [0.5, 0.6) is 11.5 Å². The van der Waals surface area contributed by atoms with Crippen LogP contribution >= 0.6 is 11.3 Å². The molecule has 3 heterocycles. The summed E-state index contributed by atoms with van der Waals surface area (Å²) >= 11 is 1.20. The minimum atomic E-state index is -3.54. The SMILES string of the molecule is O=C(NCCC1CCCCN1S(=O)(=O)c1cccs1)C(=O)NCc1ccc2c(c1)OCO2. The number of nitrogens with one attached hydrogen (secondary N) is 2. The number of amides is 2. The molecule has 0 bridgehead atoms. The minimum Gasteiger partial charge on any atom is -0.454 e. The van der Waals surface area contributed by atoms with Crippen LogP contribution in [0.2, 0.25) is 0 Å². The highest BCUT2D eigenvalue weighted by molar-refractivity contribution is 7.91. The van der Waals surface area contributed by atoms with Crippen molar-refractivity contribution in [3.8, 4) is 11.5 Å². The molecule has 0 aliphatic carbocycles. The Morgan fingerprint density at radius 2 is 1.91 bits per heavy atom. The molecule has 11 heteroatoms. The van der Waals surface area contributed by atoms with Crippen LogP contribution in [0.25, 0.3) is 0 Å². The molecular formula is C21H25N3O6S2. The maximum Gasteiger partial charge on any atom is 0.309 e. The van der Waals surface area contributed by atoms with Gasteiger partial charge in [0.05, 0.1) is 0 Å². The van der Waals surface area contributed by atoms with Gasteiger partial charge < -0.3 is 20.1 Å². The summed E-state index contributed by atoms with van der Waals surface area (Å²) in [6.07, 6.45) is 2.93. The summed E-state index contributed by atoms with van der Waals surface area (Å²) in [6, 6.07) is 8.43. The second-order valence-electron chi connectivity index (χ2n) is 7.61. The quantitative estimate of drug-likeness (QED) is 0.586. The molecule has 1 unspecified atom stereocenters. The molecule has 0 saturated carbocycles. The first-order chi connectivity index (χ1) is 15.4. The summed E-state index contributed by atoms with van der Waals surface area (Å²) in [4.78, 5) is 24.3. The second-order valence-corrected chi connectivity index (χ2v) is 10.7. The van der Waals surface area contributed by atoms with Crippen molar-refractivity contribution in [1.82, 2.24) is 14.9 Å². The molecular weight excluding hydrogens is 454 g/mol. The monoisotopic (exact) mass is 479 g/mol. The summed E-state index contributed by atoms with van der Waals surface area (Å²) in [5.41, 5.74) is 0.784. The first-order valence-corrected chi connectivity index (χ1v) is 12.8. The maximum absolute atomic E-state index is 12.9. The van der Waals surface area contributed by atoms with Gasteiger partial charge in [0.25, 0.3) is 10.0 Å². The molecule has 1 fully saturated rings. The van der Waals surface area contributed by atoms with Gasteiger partial charge in [0.2, 0.25) is 6.79 Å². The van der Waals surface area contributed by atoms with Crippen molar-refractivity contribution in [3.63, 3.8) is 0 Å². The van der Waals surface area contributed by atoms with Gasteiger partial charge in [0, 0.05) is 25.7 Å². The molecule has 4 rings (SSSR count). The smallest absolute Gasteiger partial charge is 0.309 e. The van der Waals surface area contributed by atoms with Crippen LogP contribution in [0.15, 0.2) is 39.9 Å². The molecule has 0 spiro atoms. The highest BCUT2D eigenvalue weighted by Gasteiger charge is 2.33. The molecule has 2 amide bonds. The van der Waals surface area contributed by atoms with E-state index in [1.165, 1.54) is 15.6 Å². The van der Waals surface area contributed by atoms with Crippen LogP contribution in [0.1, 0.15) is 31.2 Å². The van der Waals surface area contributed by atoms with Crippen LogP contribution in [0, 0.1) is 0 Å². The molecule has 172 valence electrons. The van der Waals surface area contributed by atoms with Gasteiger partial charge in [0.1, 0.15) is 4.21 Å². The number of nitrogens with zero attached hydrogens (tertiary/aromatic N) is 1. The second kappa shape index (κ2) is 9.88. The van der Waals surface area contributed by atoms with Crippen LogP contribution in [-0.4, -0.2) is 50.5 Å². The Bertz CT molecular complexity index is 1070. The predicted molar refractivity (Wildman–Crippen MR) is 118 cm³/mol. The summed E-state index contributed by atoms with van der Waals surface area (Å²) < 4.78 is 38.3. The third-order valence-electron chi connectivity index (χ3n) is 5.49. The third kappa shape index (κ3) is 5.05. The summed E-state index contributed by atoms with van der Waals surface area (Å²) in [7, 11) is -3.54. The van der Waals surface area contributed by atoms with Gasteiger partial charge in [-0.3, -0.25) is 9.59 Å². The van der Waals surface area contributed by atoms with Crippen molar-refractivity contribution >= 4 is 33.2 Å². The Labute approximate surface area is 190 Å². The number of carbonyl (C=O) groups is 2. The number of piperidine rings is 1. The largest absolute Gasteiger partial charge is 0.454 e. The standard InChI is InChI=1S/C21H25N3O6S2/c25-20(21(26)23-13-15-6-7-17-18(12-15)30-14-29-17)22-9-8-16-4-1-2-10-24(16)32(27,28)19-5-3-11-31-19/h3,5-7,11-12,16H,1-2,4,8-10,13-14H2,(H,22,25)(H,23,26). The Hall–Kier alpha value is -2.63. The van der Waals surface area contributed by atoms with Gasteiger partial charge in [-0.1, -0.05) is 18.6 Å². The summed E-state index contributed by atoms with van der Waals surface area (Å²) in [5, 5.41) is 6.92. The van der Waals surface area contributed by atoms with Gasteiger partial charge >= 0.3 is 11.8 Å². The topological polar surface area (TPSA) is 114 Å². The normalized spacial score (nSPS) is 18.3. The fourth-order valence-corrected chi connectivity index (χ4v) is 6.69. The first-order valence-electron chi connectivity index (χ1n) is 10.4. The van der Waals surface area contributed by atoms with Crippen molar-refractivity contribution in [2.75, 3.05) is 19.9 Å². The zero-order valence-corrected chi connectivity index (χ0v) is 19.0. The molecule has 32 heavy (non-hydrogen) atoms. The van der Waals surface area contributed by atoms with E-state index in [1.54, 1.807) is 35.7 Å². The number of fused-ring (bicyclic) bond motifs is 1. The molecule has 2 N–H and O–H groups in total. The van der Waals surface area contributed by atoms with Gasteiger partial charge in [-0.15, -0.1) is 11.3 Å². The zero-order chi connectivity index (χ0) is 22.6. The molecule has 1 saturated heterocycles. The van der Waals surface area contributed by atoms with Crippen molar-refractivity contribution in [2.24, 2.45) is 0 Å². The first kappa shape index (κ1) is 22.6. The molecule has 1 aromatic carbocycles. The Morgan fingerprint density at radius 1 is 1.09 bits per heavy atom. The average Bonchev–Trinajstić information content (AvgIpc) is 3.49. The van der Waals surface area contributed by atoms with Crippen LogP contribution in [0.3, 0.4) is 0 Å². The molecule has 0 radical (unpaired) electrons. The minimum absolute atomic E-state index is 0.167. The van der Waals surface area contributed by atoms with E-state index in [9.17, 15) is 18.0 Å². The highest BCUT2D eigenvalue weighted by Crippen LogP contribution is 2.32. The van der Waals surface area contributed by atoms with Gasteiger partial charge in [-0.05, 0) is 48.4 Å². The Morgan fingerprint density at radius 3 is 2.72 bits per heavy atom. The molecule has 2 aliphatic heterocycles. The van der Waals surface area contributed by atoms with Crippen molar-refractivity contribution in [2.45, 2.75) is 42.5 Å². The Kier molecular flexibility index (Phi) is 6.97. The number of sulfonamides is 1. The van der Waals surface area contributed by atoms with E-state index in [4.69, 9.17) is 9.47 Å². The summed E-state index contributed by atoms with van der Waals surface area (Å²) in [6.45, 7) is 1.03. The van der Waals surface area contributed by atoms with Gasteiger partial charge in [0.15, 0.2) is 11.5 Å². The lowest BCUT2D eigenvalue weighted by molar-refractivity contribution is -0.139. The number of carbonyl (C=O) groups excluding carboxylic acids is 2. The fourth-order valence-electron chi connectivity index (χ4n) is 3.85. The maximum atomic E-state index is 12.9. The molecule has 1 aromatic heterocycles. The summed E-state index contributed by atoms with van der Waals surface area (Å²) in [5.74, 6) is -0.227. The average molecular weight is 480 g/mol. The zero-order valence-electron chi connectivity index (χ0n) is 17.4. The van der Waals surface area contributed by atoms with E-state index in [2.05, 4.69) is 10.6 Å². The van der Waals surface area contributed by atoms with Crippen molar-refractivity contribution in [3.05, 3.63) is 41.3 Å². The molecule has 2 aliphatic rings. The van der Waals surface area contributed by atoms with E-state index in [-0.39, 0.29) is 25.9 Å². The number of hydrogen-bond acceptors (Lipinski definition) is 7. The lowest BCUT2D eigenvalue weighted by atomic mass is 10.0. The number of thiophene rings is 1. The van der Waals surface area contributed by atoms with E-state index in [1.807, 2.05) is 0 Å². The lowest BCUT2D eigenvalue weighted by Gasteiger charge is -2.34. The number of hydrogen-bond donors (Lipinski definition) is 2. The van der Waals surface area contributed by atoms with Crippen LogP contribution in [0.4, 0.5) is 0 Å². The van der Waals surface area contributed by atoms with Crippen LogP contribution < -0.4 is 20.1 Å². The van der Waals surface area contributed by atoms with Crippen molar-refractivity contribution < 1.29 is 27.5 Å². The fraction of sp³-hybridized carbons (Fsp3) is 0.429. The van der Waals surface area contributed by atoms with Gasteiger partial charge in [-0.2, -0.15) is 4.31 Å². The third-order valence-corrected chi connectivity index (χ3v) is 8.82. The number of rotatable bonds is 7. The van der Waals surface area contributed by atoms with E-state index in [0.29, 0.717) is 28.7 Å². The van der Waals surface area contributed by atoms with Crippen LogP contribution in [-0.2, 0) is 26.2 Å².